The summed E-state index contributed by atoms with van der Waals surface area (Å²) in [7, 11) is 0. The maximum atomic E-state index is 12.6. The molecule has 0 fully saturated rings. The first-order valence-electron chi connectivity index (χ1n) is 7.05. The maximum Gasteiger partial charge on any atom is 0.338 e. The first-order valence-corrected chi connectivity index (χ1v) is 7.80. The topological polar surface area (TPSA) is 67.4 Å². The number of urea groups is 1. The van der Waals surface area contributed by atoms with Crippen LogP contribution in [0.5, 0.6) is 0 Å². The molecule has 0 aromatic heterocycles. The van der Waals surface area contributed by atoms with Crippen LogP contribution in [0.1, 0.15) is 39.3 Å². The summed E-state index contributed by atoms with van der Waals surface area (Å²) in [5, 5.41) is 6.12. The van der Waals surface area contributed by atoms with Crippen LogP contribution in [0.25, 0.3) is 0 Å². The van der Waals surface area contributed by atoms with Crippen molar-refractivity contribution >= 4 is 35.2 Å². The van der Waals surface area contributed by atoms with E-state index in [-0.39, 0.29) is 0 Å². The highest BCUT2D eigenvalue weighted by Crippen LogP contribution is 2.34. The Bertz CT molecular complexity index is 693. The van der Waals surface area contributed by atoms with Crippen molar-refractivity contribution in [1.29, 1.82) is 0 Å². The fraction of sp³-hybridized carbons (Fsp3) is 0.375. The molecule has 1 aromatic rings. The molecule has 1 aliphatic heterocycles. The third-order valence-electron chi connectivity index (χ3n) is 3.16. The van der Waals surface area contributed by atoms with Crippen molar-refractivity contribution in [2.75, 3.05) is 0 Å². The molecule has 0 bridgehead atoms. The van der Waals surface area contributed by atoms with Gasteiger partial charge < -0.3 is 15.4 Å². The second kappa shape index (κ2) is 6.42. The molecule has 1 aliphatic rings. The average Bonchev–Trinajstić information content (AvgIpc) is 2.35. The van der Waals surface area contributed by atoms with Crippen LogP contribution in [0.3, 0.4) is 0 Å². The number of hydrogen-bond acceptors (Lipinski definition) is 3. The number of esters is 1. The lowest BCUT2D eigenvalue weighted by atomic mass is 9.95. The molecule has 1 unspecified atom stereocenters. The van der Waals surface area contributed by atoms with Crippen molar-refractivity contribution in [3.8, 4) is 0 Å². The molecule has 7 heteroatoms. The molecular weight excluding hydrogens is 339 g/mol. The summed E-state index contributed by atoms with van der Waals surface area (Å²) in [5.74, 6) is -0.515. The lowest BCUT2D eigenvalue weighted by Gasteiger charge is -2.30. The molecule has 1 atom stereocenters. The van der Waals surface area contributed by atoms with Crippen molar-refractivity contribution < 1.29 is 14.3 Å². The number of ether oxygens (including phenoxy) is 1. The van der Waals surface area contributed by atoms with E-state index in [0.717, 1.165) is 0 Å². The van der Waals surface area contributed by atoms with E-state index < -0.39 is 23.6 Å². The maximum absolute atomic E-state index is 12.6. The summed E-state index contributed by atoms with van der Waals surface area (Å²) >= 11 is 12.1. The van der Waals surface area contributed by atoms with Crippen molar-refractivity contribution in [1.82, 2.24) is 10.6 Å². The third kappa shape index (κ3) is 4.18. The number of allylic oxidation sites excluding steroid dienone is 1. The Labute approximate surface area is 145 Å². The van der Waals surface area contributed by atoms with E-state index >= 15 is 0 Å². The molecule has 2 rings (SSSR count). The van der Waals surface area contributed by atoms with E-state index in [0.29, 0.717) is 26.9 Å². The normalized spacial score (nSPS) is 18.3. The van der Waals surface area contributed by atoms with Gasteiger partial charge >= 0.3 is 12.0 Å². The highest BCUT2D eigenvalue weighted by molar-refractivity contribution is 6.35. The van der Waals surface area contributed by atoms with Crippen LogP contribution in [0.15, 0.2) is 29.5 Å². The quantitative estimate of drug-likeness (QED) is 0.788. The summed E-state index contributed by atoms with van der Waals surface area (Å²) in [6.07, 6.45) is 0. The minimum absolute atomic E-state index is 0.309. The molecule has 0 saturated heterocycles. The highest BCUT2D eigenvalue weighted by Gasteiger charge is 2.34. The number of hydrogen-bond donors (Lipinski definition) is 2. The first kappa shape index (κ1) is 17.6. The van der Waals surface area contributed by atoms with E-state index in [1.165, 1.54) is 0 Å². The van der Waals surface area contributed by atoms with E-state index in [4.69, 9.17) is 27.9 Å². The number of carbonyl (C=O) groups is 2. The Kier molecular flexibility index (Phi) is 4.92. The van der Waals surface area contributed by atoms with Crippen LogP contribution in [0.4, 0.5) is 4.79 Å². The van der Waals surface area contributed by atoms with Gasteiger partial charge in [-0.15, -0.1) is 0 Å². The smallest absolute Gasteiger partial charge is 0.338 e. The van der Waals surface area contributed by atoms with Crippen molar-refractivity contribution in [3.63, 3.8) is 0 Å². The van der Waals surface area contributed by atoms with Crippen LogP contribution in [0.2, 0.25) is 10.0 Å². The van der Waals surface area contributed by atoms with Gasteiger partial charge in [-0.3, -0.25) is 0 Å². The molecule has 2 N–H and O–H groups in total. The standard InChI is InChI=1S/C16H18Cl2N2O3/c1-8-12(14(21)23-16(2,3)4)13(20-15(22)19-8)10-6-5-9(17)7-11(10)18/h5-7,13H,1-4H3,(H2,19,20,22). The zero-order chi connectivity index (χ0) is 17.4. The molecular formula is C16H18Cl2N2O3. The number of amides is 2. The van der Waals surface area contributed by atoms with Crippen molar-refractivity contribution in [2.45, 2.75) is 39.3 Å². The summed E-state index contributed by atoms with van der Waals surface area (Å²) in [4.78, 5) is 24.4. The minimum Gasteiger partial charge on any atom is -0.456 e. The van der Waals surface area contributed by atoms with Gasteiger partial charge in [0.15, 0.2) is 0 Å². The fourth-order valence-electron chi connectivity index (χ4n) is 2.27. The lowest BCUT2D eigenvalue weighted by Crippen LogP contribution is -2.46. The molecule has 0 aliphatic carbocycles. The van der Waals surface area contributed by atoms with E-state index in [2.05, 4.69) is 10.6 Å². The van der Waals surface area contributed by atoms with Crippen LogP contribution in [0, 0.1) is 0 Å². The number of benzene rings is 1. The number of rotatable bonds is 2. The fourth-order valence-corrected chi connectivity index (χ4v) is 2.78. The molecule has 124 valence electrons. The molecule has 23 heavy (non-hydrogen) atoms. The minimum atomic E-state index is -0.705. The predicted molar refractivity (Wildman–Crippen MR) is 89.4 cm³/mol. The second-order valence-electron chi connectivity index (χ2n) is 6.24. The van der Waals surface area contributed by atoms with Gasteiger partial charge in [0.2, 0.25) is 0 Å². The SMILES string of the molecule is CC1=C(C(=O)OC(C)(C)C)C(c2ccc(Cl)cc2Cl)NC(=O)N1. The van der Waals surface area contributed by atoms with E-state index in [9.17, 15) is 9.59 Å². The highest BCUT2D eigenvalue weighted by atomic mass is 35.5. The summed E-state index contributed by atoms with van der Waals surface area (Å²) < 4.78 is 5.44. The van der Waals surface area contributed by atoms with Gasteiger partial charge in [-0.25, -0.2) is 9.59 Å². The van der Waals surface area contributed by atoms with Crippen LogP contribution in [-0.4, -0.2) is 17.6 Å². The van der Waals surface area contributed by atoms with Gasteiger partial charge in [-0.2, -0.15) is 0 Å². The molecule has 0 saturated carbocycles. The Balaban J connectivity index is 2.48. The van der Waals surface area contributed by atoms with E-state index in [1.54, 1.807) is 45.9 Å². The molecule has 2 amide bonds. The van der Waals surface area contributed by atoms with Gasteiger partial charge in [-0.05, 0) is 45.4 Å². The summed E-state index contributed by atoms with van der Waals surface area (Å²) in [5.41, 5.74) is 0.661. The first-order chi connectivity index (χ1) is 10.6. The zero-order valence-corrected chi connectivity index (χ0v) is 14.8. The summed E-state index contributed by atoms with van der Waals surface area (Å²) in [6, 6.07) is 3.78. The predicted octanol–water partition coefficient (Wildman–Crippen LogP) is 3.96. The van der Waals surface area contributed by atoms with Gasteiger partial charge in [0.1, 0.15) is 5.60 Å². The van der Waals surface area contributed by atoms with Gasteiger partial charge in [0.25, 0.3) is 0 Å². The van der Waals surface area contributed by atoms with Crippen LogP contribution < -0.4 is 10.6 Å². The number of carbonyl (C=O) groups excluding carboxylic acids is 2. The Morgan fingerprint density at radius 1 is 1.26 bits per heavy atom. The third-order valence-corrected chi connectivity index (χ3v) is 3.72. The Morgan fingerprint density at radius 2 is 1.91 bits per heavy atom. The number of halogens is 2. The van der Waals surface area contributed by atoms with Gasteiger partial charge in [0, 0.05) is 15.7 Å². The largest absolute Gasteiger partial charge is 0.456 e. The Hall–Kier alpha value is -1.72. The van der Waals surface area contributed by atoms with Crippen LogP contribution in [-0.2, 0) is 9.53 Å². The van der Waals surface area contributed by atoms with E-state index in [1.807, 2.05) is 0 Å². The van der Waals surface area contributed by atoms with Crippen molar-refractivity contribution in [2.24, 2.45) is 0 Å². The molecule has 1 aromatic carbocycles. The average molecular weight is 357 g/mol. The van der Waals surface area contributed by atoms with Crippen LogP contribution >= 0.6 is 23.2 Å². The Morgan fingerprint density at radius 3 is 2.48 bits per heavy atom. The monoisotopic (exact) mass is 356 g/mol. The molecule has 0 radical (unpaired) electrons. The molecule has 0 spiro atoms. The second-order valence-corrected chi connectivity index (χ2v) is 7.08. The molecule has 1 heterocycles. The number of nitrogens with one attached hydrogen (secondary N) is 2. The van der Waals surface area contributed by atoms with Gasteiger partial charge in [-0.1, -0.05) is 29.3 Å². The van der Waals surface area contributed by atoms with Gasteiger partial charge in [0.05, 0.1) is 11.6 Å². The summed E-state index contributed by atoms with van der Waals surface area (Å²) in [6.45, 7) is 6.98. The zero-order valence-electron chi connectivity index (χ0n) is 13.3. The lowest BCUT2D eigenvalue weighted by molar-refractivity contribution is -0.150. The van der Waals surface area contributed by atoms with Crippen molar-refractivity contribution in [3.05, 3.63) is 45.1 Å². The molecule has 5 nitrogen and oxygen atoms in total.